The van der Waals surface area contributed by atoms with Crippen LogP contribution in [0, 0.1) is 12.8 Å². The summed E-state index contributed by atoms with van der Waals surface area (Å²) in [5.74, 6) is 0.557. The molecule has 0 aliphatic carbocycles. The maximum Gasteiger partial charge on any atom is 0.324 e. The predicted molar refractivity (Wildman–Crippen MR) is 177 cm³/mol. The van der Waals surface area contributed by atoms with Gasteiger partial charge in [0, 0.05) is 39.8 Å². The minimum atomic E-state index is -0.378. The van der Waals surface area contributed by atoms with Crippen LogP contribution in [0.4, 0.5) is 16.3 Å². The predicted octanol–water partition coefficient (Wildman–Crippen LogP) is 7.57. The van der Waals surface area contributed by atoms with E-state index in [1.54, 1.807) is 4.68 Å². The van der Waals surface area contributed by atoms with E-state index in [9.17, 15) is 9.59 Å². The normalized spacial score (nSPS) is 14.8. The Morgan fingerprint density at radius 1 is 0.932 bits per heavy atom. The van der Waals surface area contributed by atoms with Gasteiger partial charge in [0.05, 0.1) is 17.3 Å². The third kappa shape index (κ3) is 6.17. The number of hydrogen-bond acceptors (Lipinski definition) is 4. The number of piperidine rings is 1. The highest BCUT2D eigenvalue weighted by molar-refractivity contribution is 6.11. The first-order chi connectivity index (χ1) is 21.2. The number of rotatable bonds is 7. The van der Waals surface area contributed by atoms with Gasteiger partial charge >= 0.3 is 6.03 Å². The van der Waals surface area contributed by atoms with Gasteiger partial charge in [-0.25, -0.2) is 9.48 Å². The Morgan fingerprint density at radius 3 is 2.43 bits per heavy atom. The molecule has 0 saturated carbocycles. The van der Waals surface area contributed by atoms with E-state index in [0.29, 0.717) is 17.1 Å². The van der Waals surface area contributed by atoms with Gasteiger partial charge in [-0.05, 0) is 74.7 Å². The fraction of sp³-hybridized carbons (Fsp3) is 0.306. The molecule has 1 aliphatic rings. The summed E-state index contributed by atoms with van der Waals surface area (Å²) in [7, 11) is 0. The van der Waals surface area contributed by atoms with Crippen molar-refractivity contribution in [3.8, 4) is 5.69 Å². The summed E-state index contributed by atoms with van der Waals surface area (Å²) in [5.41, 5.74) is 5.88. The quantitative estimate of drug-likeness (QED) is 0.147. The van der Waals surface area contributed by atoms with E-state index in [0.717, 1.165) is 59.3 Å². The van der Waals surface area contributed by atoms with Crippen LogP contribution in [0.15, 0.2) is 85.1 Å². The topological polar surface area (TPSA) is 104 Å². The maximum absolute atomic E-state index is 14.2. The molecule has 0 spiro atoms. The van der Waals surface area contributed by atoms with Gasteiger partial charge in [-0.3, -0.25) is 10.1 Å². The zero-order chi connectivity index (χ0) is 30.8. The average molecular weight is 589 g/mol. The summed E-state index contributed by atoms with van der Waals surface area (Å²) in [6, 6.07) is 25.2. The van der Waals surface area contributed by atoms with Crippen LogP contribution in [0.25, 0.3) is 16.6 Å². The van der Waals surface area contributed by atoms with Crippen molar-refractivity contribution in [3.05, 3.63) is 107 Å². The molecular weight excluding hydrogens is 548 g/mol. The van der Waals surface area contributed by atoms with Crippen LogP contribution in [0.2, 0.25) is 0 Å². The van der Waals surface area contributed by atoms with Crippen molar-refractivity contribution < 1.29 is 9.59 Å². The zero-order valence-electron chi connectivity index (χ0n) is 25.8. The number of aryl methyl sites for hydroxylation is 1. The van der Waals surface area contributed by atoms with E-state index in [2.05, 4.69) is 41.7 Å². The number of para-hydroxylation sites is 1. The molecule has 2 aromatic heterocycles. The number of urea groups is 1. The van der Waals surface area contributed by atoms with Crippen molar-refractivity contribution >= 4 is 34.2 Å². The van der Waals surface area contributed by atoms with Crippen LogP contribution >= 0.6 is 0 Å². The fourth-order valence-electron chi connectivity index (χ4n) is 6.07. The highest BCUT2D eigenvalue weighted by Crippen LogP contribution is 2.37. The number of anilines is 2. The van der Waals surface area contributed by atoms with Gasteiger partial charge in [0.2, 0.25) is 0 Å². The van der Waals surface area contributed by atoms with Crippen LogP contribution in [0.1, 0.15) is 66.7 Å². The summed E-state index contributed by atoms with van der Waals surface area (Å²) < 4.78 is 1.77. The summed E-state index contributed by atoms with van der Waals surface area (Å²) >= 11 is 0. The summed E-state index contributed by atoms with van der Waals surface area (Å²) in [6.45, 7) is 10.1. The van der Waals surface area contributed by atoms with Crippen molar-refractivity contribution in [2.75, 3.05) is 23.7 Å². The van der Waals surface area contributed by atoms with E-state index in [1.165, 1.54) is 0 Å². The molecule has 1 saturated heterocycles. The smallest absolute Gasteiger partial charge is 0.324 e. The van der Waals surface area contributed by atoms with Crippen LogP contribution in [0.3, 0.4) is 0 Å². The molecule has 3 aromatic carbocycles. The second-order valence-electron chi connectivity index (χ2n) is 12.8. The Hall–Kier alpha value is -4.69. The monoisotopic (exact) mass is 588 g/mol. The van der Waals surface area contributed by atoms with Crippen molar-refractivity contribution in [3.63, 3.8) is 0 Å². The highest BCUT2D eigenvalue weighted by atomic mass is 16.2. The molecule has 44 heavy (non-hydrogen) atoms. The van der Waals surface area contributed by atoms with Crippen molar-refractivity contribution in [2.45, 2.75) is 51.9 Å². The van der Waals surface area contributed by atoms with Gasteiger partial charge in [-0.2, -0.15) is 5.10 Å². The lowest BCUT2D eigenvalue weighted by molar-refractivity contribution is 0.0918. The van der Waals surface area contributed by atoms with Gasteiger partial charge < -0.3 is 15.6 Å². The van der Waals surface area contributed by atoms with Crippen molar-refractivity contribution in [1.82, 2.24) is 20.1 Å². The molecule has 5 aromatic rings. The Labute approximate surface area is 258 Å². The second kappa shape index (κ2) is 12.1. The van der Waals surface area contributed by atoms with E-state index < -0.39 is 0 Å². The Morgan fingerprint density at radius 2 is 1.68 bits per heavy atom. The molecule has 4 N–H and O–H groups in total. The number of hydrogen-bond donors (Lipinski definition) is 4. The number of H-pyrrole nitrogens is 1. The number of aromatic nitrogens is 3. The van der Waals surface area contributed by atoms with Crippen molar-refractivity contribution in [2.24, 2.45) is 5.92 Å². The third-order valence-corrected chi connectivity index (χ3v) is 8.49. The minimum absolute atomic E-state index is 0.104. The lowest BCUT2D eigenvalue weighted by Crippen LogP contribution is -2.33. The molecule has 6 rings (SSSR count). The standard InChI is InChI=1S/C36H40N6O2/c1-23-12-14-27(15-13-23)42-32(21-31(41-42)36(2,3)4)40-35(44)39-26-9-7-8-25(20-26)33(24-16-18-37-19-17-24)34(43)29-22-38-30-11-6-5-10-28(29)30/h5-15,20-22,24,33,37-38H,16-19H2,1-4H3,(H2,39,40,44). The average Bonchev–Trinajstić information content (AvgIpc) is 3.63. The van der Waals surface area contributed by atoms with Crippen LogP contribution in [-0.2, 0) is 5.41 Å². The lowest BCUT2D eigenvalue weighted by Gasteiger charge is -2.30. The first-order valence-electron chi connectivity index (χ1n) is 15.3. The summed E-state index contributed by atoms with van der Waals surface area (Å²) in [6.07, 6.45) is 3.66. The van der Waals surface area contributed by atoms with Crippen LogP contribution < -0.4 is 16.0 Å². The third-order valence-electron chi connectivity index (χ3n) is 8.49. The van der Waals surface area contributed by atoms with Gasteiger partial charge in [0.25, 0.3) is 0 Å². The number of amides is 2. The molecule has 0 bridgehead atoms. The second-order valence-corrected chi connectivity index (χ2v) is 12.8. The Bertz CT molecular complexity index is 1790. The molecule has 1 atom stereocenters. The number of carbonyl (C=O) groups is 2. The molecule has 0 radical (unpaired) electrons. The van der Waals surface area contributed by atoms with Gasteiger partial charge in [0.1, 0.15) is 5.82 Å². The SMILES string of the molecule is Cc1ccc(-n2nc(C(C)(C)C)cc2NC(=O)Nc2cccc(C(C(=O)c3c[nH]c4ccccc34)C3CCNCC3)c2)cc1. The Balaban J connectivity index is 1.27. The number of ketones is 1. The van der Waals surface area contributed by atoms with Gasteiger partial charge in [0.15, 0.2) is 5.78 Å². The fourth-order valence-corrected chi connectivity index (χ4v) is 6.07. The van der Waals surface area contributed by atoms with E-state index in [1.807, 2.05) is 92.0 Å². The van der Waals surface area contributed by atoms with Crippen molar-refractivity contribution in [1.29, 1.82) is 0 Å². The lowest BCUT2D eigenvalue weighted by atomic mass is 9.76. The largest absolute Gasteiger partial charge is 0.360 e. The number of benzene rings is 3. The molecule has 8 nitrogen and oxygen atoms in total. The Kier molecular flexibility index (Phi) is 8.10. The summed E-state index contributed by atoms with van der Waals surface area (Å²) in [4.78, 5) is 30.9. The van der Waals surface area contributed by atoms with E-state index in [-0.39, 0.29) is 29.1 Å². The maximum atomic E-state index is 14.2. The molecule has 2 amide bonds. The molecule has 3 heterocycles. The van der Waals surface area contributed by atoms with E-state index in [4.69, 9.17) is 5.10 Å². The number of fused-ring (bicyclic) bond motifs is 1. The molecule has 1 unspecified atom stereocenters. The van der Waals surface area contributed by atoms with Gasteiger partial charge in [-0.15, -0.1) is 0 Å². The number of carbonyl (C=O) groups excluding carboxylic acids is 2. The first kappa shape index (κ1) is 29.4. The number of aromatic amines is 1. The molecule has 1 aliphatic heterocycles. The number of nitrogens with zero attached hydrogens (tertiary/aromatic N) is 2. The van der Waals surface area contributed by atoms with E-state index >= 15 is 0 Å². The zero-order valence-corrected chi connectivity index (χ0v) is 25.8. The molecule has 8 heteroatoms. The molecule has 226 valence electrons. The molecule has 1 fully saturated rings. The summed E-state index contributed by atoms with van der Waals surface area (Å²) in [5, 5.41) is 15.2. The minimum Gasteiger partial charge on any atom is -0.360 e. The number of nitrogens with one attached hydrogen (secondary N) is 4. The highest BCUT2D eigenvalue weighted by Gasteiger charge is 2.33. The van der Waals surface area contributed by atoms with Gasteiger partial charge in [-0.1, -0.05) is 68.8 Å². The van der Waals surface area contributed by atoms with Crippen LogP contribution in [0.5, 0.6) is 0 Å². The first-order valence-corrected chi connectivity index (χ1v) is 15.3. The van der Waals surface area contributed by atoms with Crippen LogP contribution in [-0.4, -0.2) is 39.7 Å². The molecular formula is C36H40N6O2. The number of Topliss-reactive ketones (excluding diaryl/α,β-unsaturated/α-hetero) is 1.